The Bertz CT molecular complexity index is 998. The molecule has 1 amide bonds. The first-order valence-corrected chi connectivity index (χ1v) is 9.57. The molecule has 1 N–H and O–H groups in total. The van der Waals surface area contributed by atoms with Crippen molar-refractivity contribution >= 4 is 28.6 Å². The van der Waals surface area contributed by atoms with Crippen LogP contribution in [0.25, 0.3) is 16.6 Å². The second kappa shape index (κ2) is 8.19. The third-order valence-electron chi connectivity index (χ3n) is 4.01. The lowest BCUT2D eigenvalue weighted by Crippen LogP contribution is -2.27. The van der Waals surface area contributed by atoms with Crippen LogP contribution in [0.1, 0.15) is 18.9 Å². The quantitative estimate of drug-likeness (QED) is 0.536. The SMILES string of the molecule is CCCNC(=O)CSc1nc2ccccc2c(=O)n1-c1ccccc1C. The van der Waals surface area contributed by atoms with Crippen LogP contribution in [0.15, 0.2) is 58.5 Å². The Hall–Kier alpha value is -2.60. The Balaban J connectivity index is 2.08. The molecule has 134 valence electrons. The Kier molecular flexibility index (Phi) is 5.73. The van der Waals surface area contributed by atoms with E-state index >= 15 is 0 Å². The molecular formula is C20H21N3O2S. The van der Waals surface area contributed by atoms with E-state index in [9.17, 15) is 9.59 Å². The van der Waals surface area contributed by atoms with Crippen LogP contribution in [0, 0.1) is 6.92 Å². The number of amides is 1. The number of rotatable bonds is 6. The van der Waals surface area contributed by atoms with E-state index in [1.807, 2.05) is 56.3 Å². The summed E-state index contributed by atoms with van der Waals surface area (Å²) in [7, 11) is 0. The van der Waals surface area contributed by atoms with Gasteiger partial charge in [0.2, 0.25) is 5.91 Å². The van der Waals surface area contributed by atoms with Crippen LogP contribution in [0.4, 0.5) is 0 Å². The number of nitrogens with zero attached hydrogens (tertiary/aromatic N) is 2. The number of aromatic nitrogens is 2. The molecule has 3 rings (SSSR count). The molecule has 5 nitrogen and oxygen atoms in total. The maximum absolute atomic E-state index is 13.1. The van der Waals surface area contributed by atoms with Crippen LogP contribution < -0.4 is 10.9 Å². The zero-order valence-corrected chi connectivity index (χ0v) is 15.7. The molecule has 0 aliphatic carbocycles. The van der Waals surface area contributed by atoms with Gasteiger partial charge in [-0.25, -0.2) is 4.98 Å². The van der Waals surface area contributed by atoms with E-state index in [0.29, 0.717) is 22.6 Å². The molecule has 26 heavy (non-hydrogen) atoms. The molecular weight excluding hydrogens is 346 g/mol. The number of benzene rings is 2. The van der Waals surface area contributed by atoms with Gasteiger partial charge in [0, 0.05) is 6.54 Å². The normalized spacial score (nSPS) is 10.8. The largest absolute Gasteiger partial charge is 0.355 e. The number of carbonyl (C=O) groups excluding carboxylic acids is 1. The third kappa shape index (κ3) is 3.80. The van der Waals surface area contributed by atoms with Gasteiger partial charge in [-0.05, 0) is 37.1 Å². The van der Waals surface area contributed by atoms with Crippen LogP contribution in [-0.2, 0) is 4.79 Å². The maximum atomic E-state index is 13.1. The molecule has 1 aromatic heterocycles. The molecule has 0 aliphatic rings. The number of nitrogens with one attached hydrogen (secondary N) is 1. The lowest BCUT2D eigenvalue weighted by atomic mass is 10.2. The summed E-state index contributed by atoms with van der Waals surface area (Å²) in [5.41, 5.74) is 2.27. The number of carbonyl (C=O) groups is 1. The van der Waals surface area contributed by atoms with Gasteiger partial charge in [0.25, 0.3) is 5.56 Å². The Labute approximate surface area is 156 Å². The van der Waals surface area contributed by atoms with Crippen molar-refractivity contribution in [1.29, 1.82) is 0 Å². The zero-order valence-electron chi connectivity index (χ0n) is 14.9. The summed E-state index contributed by atoms with van der Waals surface area (Å²) in [6.45, 7) is 4.61. The molecule has 2 aromatic carbocycles. The average molecular weight is 367 g/mol. The first kappa shape index (κ1) is 18.2. The van der Waals surface area contributed by atoms with E-state index in [1.54, 1.807) is 10.6 Å². The molecule has 1 heterocycles. The topological polar surface area (TPSA) is 64.0 Å². The summed E-state index contributed by atoms with van der Waals surface area (Å²) >= 11 is 1.28. The molecule has 6 heteroatoms. The van der Waals surface area contributed by atoms with Crippen molar-refractivity contribution < 1.29 is 4.79 Å². The maximum Gasteiger partial charge on any atom is 0.266 e. The summed E-state index contributed by atoms with van der Waals surface area (Å²) in [6.07, 6.45) is 0.887. The average Bonchev–Trinajstić information content (AvgIpc) is 2.66. The third-order valence-corrected chi connectivity index (χ3v) is 4.94. The fraction of sp³-hybridized carbons (Fsp3) is 0.250. The second-order valence-electron chi connectivity index (χ2n) is 5.98. The number of thioether (sulfide) groups is 1. The van der Waals surface area contributed by atoms with E-state index < -0.39 is 0 Å². The van der Waals surface area contributed by atoms with Crippen molar-refractivity contribution in [1.82, 2.24) is 14.9 Å². The molecule has 0 fully saturated rings. The van der Waals surface area contributed by atoms with Gasteiger partial charge in [0.1, 0.15) is 0 Å². The number of para-hydroxylation sites is 2. The molecule has 0 saturated heterocycles. The fourth-order valence-corrected chi connectivity index (χ4v) is 3.52. The monoisotopic (exact) mass is 367 g/mol. The van der Waals surface area contributed by atoms with Crippen molar-refractivity contribution in [2.24, 2.45) is 0 Å². The van der Waals surface area contributed by atoms with Crippen LogP contribution in [-0.4, -0.2) is 27.8 Å². The highest BCUT2D eigenvalue weighted by Gasteiger charge is 2.15. The van der Waals surface area contributed by atoms with E-state index in [1.165, 1.54) is 11.8 Å². The summed E-state index contributed by atoms with van der Waals surface area (Å²) in [5, 5.41) is 3.94. The van der Waals surface area contributed by atoms with Crippen molar-refractivity contribution in [3.63, 3.8) is 0 Å². The van der Waals surface area contributed by atoms with E-state index in [4.69, 9.17) is 0 Å². The van der Waals surface area contributed by atoms with Crippen molar-refractivity contribution in [2.45, 2.75) is 25.4 Å². The smallest absolute Gasteiger partial charge is 0.266 e. The highest BCUT2D eigenvalue weighted by Crippen LogP contribution is 2.22. The van der Waals surface area contributed by atoms with Crippen LogP contribution in [0.3, 0.4) is 0 Å². The predicted octanol–water partition coefficient (Wildman–Crippen LogP) is 3.31. The Morgan fingerprint density at radius 2 is 1.88 bits per heavy atom. The highest BCUT2D eigenvalue weighted by molar-refractivity contribution is 7.99. The minimum Gasteiger partial charge on any atom is -0.355 e. The summed E-state index contributed by atoms with van der Waals surface area (Å²) in [5.74, 6) is 0.159. The van der Waals surface area contributed by atoms with Gasteiger partial charge in [-0.2, -0.15) is 0 Å². The van der Waals surface area contributed by atoms with Crippen molar-refractivity contribution in [3.8, 4) is 5.69 Å². The van der Waals surface area contributed by atoms with Crippen molar-refractivity contribution in [2.75, 3.05) is 12.3 Å². The van der Waals surface area contributed by atoms with E-state index in [0.717, 1.165) is 17.7 Å². The summed E-state index contributed by atoms with van der Waals surface area (Å²) < 4.78 is 1.61. The van der Waals surface area contributed by atoms with Gasteiger partial charge in [-0.15, -0.1) is 0 Å². The number of hydrogen-bond donors (Lipinski definition) is 1. The molecule has 0 unspecified atom stereocenters. The van der Waals surface area contributed by atoms with Gasteiger partial charge in [-0.1, -0.05) is 49.0 Å². The number of aryl methyl sites for hydroxylation is 1. The highest BCUT2D eigenvalue weighted by atomic mass is 32.2. The minimum absolute atomic E-state index is 0.0596. The summed E-state index contributed by atoms with van der Waals surface area (Å²) in [4.78, 5) is 29.8. The van der Waals surface area contributed by atoms with Gasteiger partial charge < -0.3 is 5.32 Å². The van der Waals surface area contributed by atoms with Crippen LogP contribution >= 0.6 is 11.8 Å². The molecule has 0 bridgehead atoms. The standard InChI is InChI=1S/C20H21N3O2S/c1-3-12-21-18(24)13-26-20-22-16-10-6-5-9-15(16)19(25)23(20)17-11-7-4-8-14(17)2/h4-11H,3,12-13H2,1-2H3,(H,21,24). The van der Waals surface area contributed by atoms with E-state index in [-0.39, 0.29) is 17.2 Å². The van der Waals surface area contributed by atoms with Crippen LogP contribution in [0.5, 0.6) is 0 Å². The van der Waals surface area contributed by atoms with Gasteiger partial charge in [-0.3, -0.25) is 14.2 Å². The molecule has 0 aliphatic heterocycles. The Morgan fingerprint density at radius 1 is 1.15 bits per heavy atom. The first-order valence-electron chi connectivity index (χ1n) is 8.59. The van der Waals surface area contributed by atoms with E-state index in [2.05, 4.69) is 10.3 Å². The molecule has 0 spiro atoms. The van der Waals surface area contributed by atoms with Gasteiger partial charge in [0.05, 0.1) is 22.3 Å². The number of fused-ring (bicyclic) bond motifs is 1. The molecule has 0 radical (unpaired) electrons. The molecule has 3 aromatic rings. The second-order valence-corrected chi connectivity index (χ2v) is 6.92. The lowest BCUT2D eigenvalue weighted by molar-refractivity contribution is -0.118. The summed E-state index contributed by atoms with van der Waals surface area (Å²) in [6, 6.07) is 15.0. The van der Waals surface area contributed by atoms with Gasteiger partial charge in [0.15, 0.2) is 5.16 Å². The molecule has 0 atom stereocenters. The van der Waals surface area contributed by atoms with Crippen molar-refractivity contribution in [3.05, 3.63) is 64.4 Å². The molecule has 0 saturated carbocycles. The fourth-order valence-electron chi connectivity index (χ4n) is 2.68. The zero-order chi connectivity index (χ0) is 18.5. The van der Waals surface area contributed by atoms with Crippen LogP contribution in [0.2, 0.25) is 0 Å². The predicted molar refractivity (Wildman–Crippen MR) is 106 cm³/mol. The Morgan fingerprint density at radius 3 is 2.65 bits per heavy atom. The first-order chi connectivity index (χ1) is 12.6. The number of hydrogen-bond acceptors (Lipinski definition) is 4. The van der Waals surface area contributed by atoms with Gasteiger partial charge >= 0.3 is 0 Å². The lowest BCUT2D eigenvalue weighted by Gasteiger charge is -2.15. The minimum atomic E-state index is -0.124.